The second-order valence-corrected chi connectivity index (χ2v) is 11.9. The molecule has 2 aromatic rings. The minimum Gasteiger partial charge on any atom is -0.325 e. The monoisotopic (exact) mass is 457 g/mol. The van der Waals surface area contributed by atoms with Crippen LogP contribution in [0, 0.1) is 27.7 Å². The van der Waals surface area contributed by atoms with E-state index in [-0.39, 0.29) is 35.2 Å². The van der Waals surface area contributed by atoms with E-state index < -0.39 is 9.84 Å². The lowest BCUT2D eigenvalue weighted by molar-refractivity contribution is -0.114. The SMILES string of the molecule is Cc1cc(C)cc(NC(=O)CN(C2=NC3CS(=O)(=O)CC3S2)c2cc(C)cc(C)c2)c1. The predicted octanol–water partition coefficient (Wildman–Crippen LogP) is 3.63. The smallest absolute Gasteiger partial charge is 0.244 e. The first kappa shape index (κ1) is 21.9. The molecule has 1 amide bonds. The maximum absolute atomic E-state index is 13.0. The molecule has 0 bridgehead atoms. The topological polar surface area (TPSA) is 78.8 Å². The standard InChI is InChI=1S/C23H27N3O3S2/c1-14-5-15(2)8-18(7-14)24-22(27)11-26(19-9-16(3)6-17(4)10-19)23-25-20-12-31(28,29)13-21(20)30-23/h5-10,20-21H,11-13H2,1-4H3,(H,24,27). The van der Waals surface area contributed by atoms with Crippen LogP contribution in [0.25, 0.3) is 0 Å². The van der Waals surface area contributed by atoms with Gasteiger partial charge in [0.1, 0.15) is 6.54 Å². The summed E-state index contributed by atoms with van der Waals surface area (Å²) in [5.41, 5.74) is 6.04. The van der Waals surface area contributed by atoms with E-state index in [2.05, 4.69) is 17.4 Å². The number of nitrogens with zero attached hydrogens (tertiary/aromatic N) is 2. The molecule has 0 aliphatic carbocycles. The maximum atomic E-state index is 13.0. The lowest BCUT2D eigenvalue weighted by Crippen LogP contribution is -2.36. The Morgan fingerprint density at radius 2 is 1.58 bits per heavy atom. The van der Waals surface area contributed by atoms with Crippen molar-refractivity contribution in [2.45, 2.75) is 39.0 Å². The molecule has 0 aromatic heterocycles. The maximum Gasteiger partial charge on any atom is 0.244 e. The summed E-state index contributed by atoms with van der Waals surface area (Å²) in [6.45, 7) is 8.15. The predicted molar refractivity (Wildman–Crippen MR) is 129 cm³/mol. The summed E-state index contributed by atoms with van der Waals surface area (Å²) in [5, 5.41) is 3.64. The number of aryl methyl sites for hydroxylation is 4. The van der Waals surface area contributed by atoms with E-state index in [1.807, 2.05) is 56.9 Å². The first-order valence-electron chi connectivity index (χ1n) is 10.3. The molecule has 6 nitrogen and oxygen atoms in total. The van der Waals surface area contributed by atoms with Crippen LogP contribution in [0.2, 0.25) is 0 Å². The van der Waals surface area contributed by atoms with Crippen molar-refractivity contribution in [3.63, 3.8) is 0 Å². The van der Waals surface area contributed by atoms with Crippen LogP contribution in [0.3, 0.4) is 0 Å². The molecule has 0 saturated carbocycles. The molecule has 1 N–H and O–H groups in total. The number of hydrogen-bond donors (Lipinski definition) is 1. The van der Waals surface area contributed by atoms with Gasteiger partial charge >= 0.3 is 0 Å². The highest BCUT2D eigenvalue weighted by atomic mass is 32.2. The van der Waals surface area contributed by atoms with Crippen LogP contribution >= 0.6 is 11.8 Å². The Labute approximate surface area is 188 Å². The molecular weight excluding hydrogens is 430 g/mol. The molecule has 2 unspecified atom stereocenters. The third-order valence-electron chi connectivity index (χ3n) is 5.36. The van der Waals surface area contributed by atoms with Crippen LogP contribution in [0.1, 0.15) is 22.3 Å². The summed E-state index contributed by atoms with van der Waals surface area (Å²) in [6, 6.07) is 11.9. The molecule has 4 rings (SSSR count). The number of carbonyl (C=O) groups is 1. The van der Waals surface area contributed by atoms with Gasteiger partial charge in [0.25, 0.3) is 0 Å². The zero-order valence-corrected chi connectivity index (χ0v) is 19.8. The van der Waals surface area contributed by atoms with E-state index in [9.17, 15) is 13.2 Å². The minimum absolute atomic E-state index is 0.0733. The number of nitrogens with one attached hydrogen (secondary N) is 1. The fourth-order valence-corrected chi connectivity index (χ4v) is 8.02. The Balaban J connectivity index is 1.61. The molecule has 2 aromatic carbocycles. The Morgan fingerprint density at radius 3 is 2.16 bits per heavy atom. The van der Waals surface area contributed by atoms with Crippen LogP contribution in [0.15, 0.2) is 41.4 Å². The van der Waals surface area contributed by atoms with Crippen LogP contribution in [0.4, 0.5) is 11.4 Å². The highest BCUT2D eigenvalue weighted by molar-refractivity contribution is 8.15. The number of fused-ring (bicyclic) bond motifs is 1. The first-order valence-corrected chi connectivity index (χ1v) is 13.0. The number of amides is 1. The molecular formula is C23H27N3O3S2. The van der Waals surface area contributed by atoms with Crippen molar-refractivity contribution >= 4 is 44.0 Å². The summed E-state index contributed by atoms with van der Waals surface area (Å²) in [6.07, 6.45) is 0. The normalized spacial score (nSPS) is 21.5. The molecule has 31 heavy (non-hydrogen) atoms. The largest absolute Gasteiger partial charge is 0.325 e. The van der Waals surface area contributed by atoms with E-state index in [0.717, 1.165) is 33.6 Å². The number of anilines is 2. The molecule has 0 radical (unpaired) electrons. The average Bonchev–Trinajstić information content (AvgIpc) is 3.11. The second-order valence-electron chi connectivity index (χ2n) is 8.57. The molecule has 2 aliphatic rings. The molecule has 2 heterocycles. The lowest BCUT2D eigenvalue weighted by Gasteiger charge is -2.25. The lowest BCUT2D eigenvalue weighted by atomic mass is 10.1. The number of carbonyl (C=O) groups excluding carboxylic acids is 1. The highest BCUT2D eigenvalue weighted by Gasteiger charge is 2.44. The van der Waals surface area contributed by atoms with Gasteiger partial charge in [0.15, 0.2) is 15.0 Å². The van der Waals surface area contributed by atoms with Gasteiger partial charge in [-0.3, -0.25) is 9.79 Å². The van der Waals surface area contributed by atoms with E-state index in [4.69, 9.17) is 4.99 Å². The fourth-order valence-electron chi connectivity index (χ4n) is 4.24. The number of hydrogen-bond acceptors (Lipinski definition) is 6. The van der Waals surface area contributed by atoms with Gasteiger partial charge in [-0.1, -0.05) is 23.9 Å². The summed E-state index contributed by atoms with van der Waals surface area (Å²) < 4.78 is 23.9. The van der Waals surface area contributed by atoms with Gasteiger partial charge in [0.05, 0.1) is 17.5 Å². The summed E-state index contributed by atoms with van der Waals surface area (Å²) in [4.78, 5) is 19.6. The van der Waals surface area contributed by atoms with Gasteiger partial charge in [0, 0.05) is 16.6 Å². The zero-order valence-electron chi connectivity index (χ0n) is 18.2. The Bertz CT molecular complexity index is 1130. The number of sulfone groups is 1. The Morgan fingerprint density at radius 1 is 1.00 bits per heavy atom. The van der Waals surface area contributed by atoms with Gasteiger partial charge in [-0.25, -0.2) is 8.42 Å². The molecule has 2 aliphatic heterocycles. The third kappa shape index (κ3) is 5.13. The van der Waals surface area contributed by atoms with Gasteiger partial charge in [0.2, 0.25) is 5.91 Å². The van der Waals surface area contributed by atoms with Gasteiger partial charge in [-0.15, -0.1) is 0 Å². The van der Waals surface area contributed by atoms with Crippen molar-refractivity contribution < 1.29 is 13.2 Å². The van der Waals surface area contributed by atoms with Crippen molar-refractivity contribution in [3.05, 3.63) is 58.7 Å². The number of rotatable bonds is 4. The van der Waals surface area contributed by atoms with Gasteiger partial charge in [-0.05, 0) is 74.2 Å². The van der Waals surface area contributed by atoms with Crippen molar-refractivity contribution in [1.82, 2.24) is 0 Å². The van der Waals surface area contributed by atoms with E-state index in [0.29, 0.717) is 5.17 Å². The number of benzene rings is 2. The van der Waals surface area contributed by atoms with Crippen molar-refractivity contribution in [2.75, 3.05) is 28.3 Å². The summed E-state index contributed by atoms with van der Waals surface area (Å²) in [7, 11) is -3.03. The number of aliphatic imine (C=N–C) groups is 1. The molecule has 164 valence electrons. The van der Waals surface area contributed by atoms with Crippen LogP contribution < -0.4 is 10.2 Å². The third-order valence-corrected chi connectivity index (χ3v) is 8.61. The molecule has 8 heteroatoms. The van der Waals surface area contributed by atoms with Crippen molar-refractivity contribution in [3.8, 4) is 0 Å². The van der Waals surface area contributed by atoms with E-state index in [1.165, 1.54) is 11.8 Å². The fraction of sp³-hybridized carbons (Fsp3) is 0.391. The number of thioether (sulfide) groups is 1. The molecule has 1 fully saturated rings. The van der Waals surface area contributed by atoms with Crippen molar-refractivity contribution in [1.29, 1.82) is 0 Å². The summed E-state index contributed by atoms with van der Waals surface area (Å²) in [5.74, 6) is 0.0890. The van der Waals surface area contributed by atoms with Crippen LogP contribution in [-0.2, 0) is 14.6 Å². The van der Waals surface area contributed by atoms with E-state index in [1.54, 1.807) is 0 Å². The Hall–Kier alpha value is -2.32. The van der Waals surface area contributed by atoms with Gasteiger partial charge < -0.3 is 10.2 Å². The van der Waals surface area contributed by atoms with Crippen LogP contribution in [-0.4, -0.2) is 48.8 Å². The second kappa shape index (κ2) is 8.31. The molecule has 1 saturated heterocycles. The first-order chi connectivity index (χ1) is 14.6. The van der Waals surface area contributed by atoms with E-state index >= 15 is 0 Å². The zero-order chi connectivity index (χ0) is 22.3. The Kier molecular flexibility index (Phi) is 5.87. The molecule has 2 atom stereocenters. The van der Waals surface area contributed by atoms with Gasteiger partial charge in [-0.2, -0.15) is 0 Å². The number of amidine groups is 1. The van der Waals surface area contributed by atoms with Crippen molar-refractivity contribution in [2.24, 2.45) is 4.99 Å². The average molecular weight is 458 g/mol. The van der Waals surface area contributed by atoms with Crippen LogP contribution in [0.5, 0.6) is 0 Å². The molecule has 0 spiro atoms. The summed E-state index contributed by atoms with van der Waals surface area (Å²) >= 11 is 1.47. The minimum atomic E-state index is -3.03. The highest BCUT2D eigenvalue weighted by Crippen LogP contribution is 2.37. The quantitative estimate of drug-likeness (QED) is 0.758.